The molecule has 9 nitrogen and oxygen atoms in total. The predicted molar refractivity (Wildman–Crippen MR) is 125 cm³/mol. The highest BCUT2D eigenvalue weighted by Crippen LogP contribution is 2.22. The molecule has 1 atom stereocenters. The molecule has 0 aromatic heterocycles. The highest BCUT2D eigenvalue weighted by molar-refractivity contribution is 7.98. The Morgan fingerprint density at radius 3 is 2.55 bits per heavy atom. The first kappa shape index (κ1) is 25.9. The number of nitro benzene ring substituents is 1. The number of nitrogens with one attached hydrogen (secondary N) is 1. The lowest BCUT2D eigenvalue weighted by atomic mass is 10.1. The summed E-state index contributed by atoms with van der Waals surface area (Å²) in [6.45, 7) is 3.51. The Labute approximate surface area is 196 Å². The van der Waals surface area contributed by atoms with Crippen LogP contribution < -0.4 is 10.1 Å². The number of benzene rings is 2. The molecule has 0 fully saturated rings. The summed E-state index contributed by atoms with van der Waals surface area (Å²) >= 11 is 1.50. The lowest BCUT2D eigenvalue weighted by Gasteiger charge is -2.18. The Hall–Kier alpha value is -3.40. The van der Waals surface area contributed by atoms with Gasteiger partial charge in [-0.15, -0.1) is 0 Å². The third-order valence-electron chi connectivity index (χ3n) is 4.66. The molecule has 0 aliphatic heterocycles. The van der Waals surface area contributed by atoms with E-state index in [4.69, 9.17) is 9.47 Å². The van der Waals surface area contributed by atoms with Crippen molar-refractivity contribution >= 4 is 35.1 Å². The van der Waals surface area contributed by atoms with E-state index < -0.39 is 22.8 Å². The van der Waals surface area contributed by atoms with Gasteiger partial charge in [-0.05, 0) is 56.5 Å². The summed E-state index contributed by atoms with van der Waals surface area (Å²) in [6.07, 6.45) is 2.18. The molecule has 0 spiro atoms. The zero-order valence-corrected chi connectivity index (χ0v) is 19.5. The Bertz CT molecular complexity index is 1030. The molecule has 0 aliphatic rings. The average molecular weight is 475 g/mol. The van der Waals surface area contributed by atoms with E-state index in [9.17, 15) is 24.5 Å². The fourth-order valence-corrected chi connectivity index (χ4v) is 3.42. The van der Waals surface area contributed by atoms with E-state index in [0.29, 0.717) is 35.7 Å². The van der Waals surface area contributed by atoms with E-state index in [1.54, 1.807) is 18.2 Å². The van der Waals surface area contributed by atoms with Crippen LogP contribution in [0.5, 0.6) is 5.75 Å². The maximum absolute atomic E-state index is 12.8. The Morgan fingerprint density at radius 1 is 1.15 bits per heavy atom. The number of non-ortho nitro benzene ring substituents is 1. The van der Waals surface area contributed by atoms with Crippen LogP contribution in [0.25, 0.3) is 0 Å². The van der Waals surface area contributed by atoms with E-state index in [1.807, 2.05) is 13.2 Å². The SMILES string of the molecule is CCOc1ccc(C(C)=O)cc1COC(=O)C(CCSC)NC(=O)c1cccc([N+](=O)[O-])c1. The second kappa shape index (κ2) is 12.6. The maximum atomic E-state index is 12.8. The molecule has 0 saturated carbocycles. The quantitative estimate of drug-likeness (QED) is 0.213. The van der Waals surface area contributed by atoms with Crippen LogP contribution in [0.15, 0.2) is 42.5 Å². The van der Waals surface area contributed by atoms with Crippen LogP contribution >= 0.6 is 11.8 Å². The Balaban J connectivity index is 2.15. The van der Waals surface area contributed by atoms with Gasteiger partial charge in [0.15, 0.2) is 5.78 Å². The van der Waals surface area contributed by atoms with E-state index in [0.717, 1.165) is 6.07 Å². The summed E-state index contributed by atoms with van der Waals surface area (Å²) in [7, 11) is 0. The molecule has 1 N–H and O–H groups in total. The van der Waals surface area contributed by atoms with Crippen molar-refractivity contribution in [3.05, 3.63) is 69.3 Å². The summed E-state index contributed by atoms with van der Waals surface area (Å²) in [4.78, 5) is 47.5. The summed E-state index contributed by atoms with van der Waals surface area (Å²) in [5.41, 5.74) is 0.840. The number of rotatable bonds is 12. The topological polar surface area (TPSA) is 125 Å². The van der Waals surface area contributed by atoms with Gasteiger partial charge in [-0.2, -0.15) is 11.8 Å². The van der Waals surface area contributed by atoms with Gasteiger partial charge in [-0.1, -0.05) is 6.07 Å². The number of hydrogen-bond donors (Lipinski definition) is 1. The van der Waals surface area contributed by atoms with E-state index in [-0.39, 0.29) is 23.6 Å². The van der Waals surface area contributed by atoms with Crippen LogP contribution in [-0.4, -0.2) is 47.2 Å². The normalized spacial score (nSPS) is 11.4. The van der Waals surface area contributed by atoms with Crippen LogP contribution in [-0.2, 0) is 16.1 Å². The number of ether oxygens (including phenoxy) is 2. The third kappa shape index (κ3) is 7.60. The van der Waals surface area contributed by atoms with E-state index >= 15 is 0 Å². The van der Waals surface area contributed by atoms with Crippen molar-refractivity contribution in [1.82, 2.24) is 5.32 Å². The van der Waals surface area contributed by atoms with Crippen molar-refractivity contribution in [3.8, 4) is 5.75 Å². The van der Waals surface area contributed by atoms with Crippen molar-refractivity contribution in [3.63, 3.8) is 0 Å². The summed E-state index contributed by atoms with van der Waals surface area (Å²) < 4.78 is 11.0. The van der Waals surface area contributed by atoms with Crippen molar-refractivity contribution < 1.29 is 28.8 Å². The molecule has 1 amide bonds. The molecular formula is C23H26N2O7S. The zero-order valence-electron chi connectivity index (χ0n) is 18.7. The molecule has 33 heavy (non-hydrogen) atoms. The minimum atomic E-state index is -0.948. The zero-order chi connectivity index (χ0) is 24.4. The minimum Gasteiger partial charge on any atom is -0.493 e. The van der Waals surface area contributed by atoms with Gasteiger partial charge in [0.1, 0.15) is 18.4 Å². The van der Waals surface area contributed by atoms with Gasteiger partial charge in [0.2, 0.25) is 0 Å². The number of esters is 1. The van der Waals surface area contributed by atoms with Crippen molar-refractivity contribution in [1.29, 1.82) is 0 Å². The van der Waals surface area contributed by atoms with Crippen molar-refractivity contribution in [2.45, 2.75) is 32.9 Å². The third-order valence-corrected chi connectivity index (χ3v) is 5.30. The van der Waals surface area contributed by atoms with Crippen molar-refractivity contribution in [2.75, 3.05) is 18.6 Å². The molecule has 2 rings (SSSR count). The number of nitro groups is 1. The molecule has 0 heterocycles. The van der Waals surface area contributed by atoms with Gasteiger partial charge in [0, 0.05) is 28.8 Å². The largest absolute Gasteiger partial charge is 0.493 e. The van der Waals surface area contributed by atoms with Crippen LogP contribution in [0.3, 0.4) is 0 Å². The smallest absolute Gasteiger partial charge is 0.329 e. The molecule has 0 bridgehead atoms. The Morgan fingerprint density at radius 2 is 1.91 bits per heavy atom. The van der Waals surface area contributed by atoms with Gasteiger partial charge in [-0.3, -0.25) is 19.7 Å². The molecular weight excluding hydrogens is 448 g/mol. The molecule has 10 heteroatoms. The predicted octanol–water partition coefficient (Wildman–Crippen LogP) is 3.79. The number of thioether (sulfide) groups is 1. The summed E-state index contributed by atoms with van der Waals surface area (Å²) in [5, 5.41) is 13.6. The fraction of sp³-hybridized carbons (Fsp3) is 0.348. The van der Waals surface area contributed by atoms with Crippen LogP contribution in [0.2, 0.25) is 0 Å². The minimum absolute atomic E-state index is 0.0685. The number of nitrogens with zero attached hydrogens (tertiary/aromatic N) is 1. The number of carbonyl (C=O) groups is 3. The Kier molecular flexibility index (Phi) is 9.86. The molecule has 0 radical (unpaired) electrons. The average Bonchev–Trinajstić information content (AvgIpc) is 2.80. The van der Waals surface area contributed by atoms with E-state index in [1.165, 1.54) is 36.9 Å². The molecule has 0 aliphatic carbocycles. The number of hydrogen-bond acceptors (Lipinski definition) is 8. The lowest BCUT2D eigenvalue weighted by Crippen LogP contribution is -2.42. The van der Waals surface area contributed by atoms with Crippen molar-refractivity contribution in [2.24, 2.45) is 0 Å². The standard InChI is InChI=1S/C23H26N2O7S/c1-4-31-21-9-8-16(15(2)26)12-18(21)14-32-23(28)20(10-11-33-3)24-22(27)17-6-5-7-19(13-17)25(29)30/h5-9,12-13,20H,4,10-11,14H2,1-3H3,(H,24,27). The maximum Gasteiger partial charge on any atom is 0.329 e. The fourth-order valence-electron chi connectivity index (χ4n) is 2.94. The van der Waals surface area contributed by atoms with E-state index in [2.05, 4.69) is 5.32 Å². The summed E-state index contributed by atoms with van der Waals surface area (Å²) in [6, 6.07) is 9.21. The van der Waals surface area contributed by atoms with Gasteiger partial charge in [0.05, 0.1) is 11.5 Å². The van der Waals surface area contributed by atoms with Gasteiger partial charge < -0.3 is 14.8 Å². The molecule has 2 aromatic carbocycles. The second-order valence-electron chi connectivity index (χ2n) is 7.03. The molecule has 1 unspecified atom stereocenters. The van der Waals surface area contributed by atoms with Gasteiger partial charge in [-0.25, -0.2) is 4.79 Å². The number of carbonyl (C=O) groups excluding carboxylic acids is 3. The second-order valence-corrected chi connectivity index (χ2v) is 8.02. The van der Waals surface area contributed by atoms with Gasteiger partial charge in [0.25, 0.3) is 11.6 Å². The first-order chi connectivity index (χ1) is 15.8. The summed E-state index contributed by atoms with van der Waals surface area (Å²) in [5.74, 6) is -0.322. The molecule has 0 saturated heterocycles. The van der Waals surface area contributed by atoms with Crippen LogP contribution in [0.4, 0.5) is 5.69 Å². The van der Waals surface area contributed by atoms with Crippen LogP contribution in [0.1, 0.15) is 46.5 Å². The first-order valence-electron chi connectivity index (χ1n) is 10.2. The number of amides is 1. The monoisotopic (exact) mass is 474 g/mol. The number of ketones is 1. The molecule has 2 aromatic rings. The molecule has 176 valence electrons. The highest BCUT2D eigenvalue weighted by Gasteiger charge is 2.24. The number of Topliss-reactive ketones (excluding diaryl/α,β-unsaturated/α-hetero) is 1. The lowest BCUT2D eigenvalue weighted by molar-refractivity contribution is -0.384. The first-order valence-corrected chi connectivity index (χ1v) is 11.6. The van der Waals surface area contributed by atoms with Crippen LogP contribution in [0, 0.1) is 10.1 Å². The van der Waals surface area contributed by atoms with Gasteiger partial charge >= 0.3 is 5.97 Å². The highest BCUT2D eigenvalue weighted by atomic mass is 32.2.